The Morgan fingerprint density at radius 1 is 1.25 bits per heavy atom. The van der Waals surface area contributed by atoms with Gasteiger partial charge in [-0.1, -0.05) is 13.3 Å². The van der Waals surface area contributed by atoms with Crippen LogP contribution >= 0.6 is 0 Å². The molecule has 1 aliphatic rings. The van der Waals surface area contributed by atoms with Gasteiger partial charge in [-0.2, -0.15) is 0 Å². The second kappa shape index (κ2) is 5.05. The third-order valence-electron chi connectivity index (χ3n) is 4.08. The molecule has 1 fully saturated rings. The average Bonchev–Trinajstić information content (AvgIpc) is 2.21. The van der Waals surface area contributed by atoms with Crippen molar-refractivity contribution < 1.29 is 0 Å². The molecule has 0 aromatic heterocycles. The maximum atomic E-state index is 3.81. The van der Waals surface area contributed by atoms with Crippen LogP contribution in [0.15, 0.2) is 0 Å². The van der Waals surface area contributed by atoms with Gasteiger partial charge >= 0.3 is 0 Å². The summed E-state index contributed by atoms with van der Waals surface area (Å²) in [5, 5.41) is 3.81. The molecule has 1 N–H and O–H groups in total. The van der Waals surface area contributed by atoms with Crippen molar-refractivity contribution in [3.05, 3.63) is 0 Å². The molecule has 1 rings (SSSR count). The largest absolute Gasteiger partial charge is 0.305 e. The molecule has 1 heterocycles. The van der Waals surface area contributed by atoms with Gasteiger partial charge < -0.3 is 5.32 Å². The first-order valence-electron chi connectivity index (χ1n) is 6.82. The molecule has 0 amide bonds. The third kappa shape index (κ3) is 3.46. The van der Waals surface area contributed by atoms with E-state index in [1.165, 1.54) is 32.4 Å². The van der Waals surface area contributed by atoms with Crippen molar-refractivity contribution in [1.29, 1.82) is 0 Å². The molecular weight excluding hydrogens is 196 g/mol. The number of hydrogen-bond donors (Lipinski definition) is 1. The zero-order valence-corrected chi connectivity index (χ0v) is 12.1. The van der Waals surface area contributed by atoms with E-state index in [1.807, 2.05) is 0 Å². The van der Waals surface area contributed by atoms with Crippen LogP contribution in [0, 0.1) is 0 Å². The molecule has 2 nitrogen and oxygen atoms in total. The van der Waals surface area contributed by atoms with Gasteiger partial charge in [0, 0.05) is 23.7 Å². The van der Waals surface area contributed by atoms with Gasteiger partial charge in [-0.15, -0.1) is 0 Å². The van der Waals surface area contributed by atoms with Gasteiger partial charge in [0.2, 0.25) is 0 Å². The van der Waals surface area contributed by atoms with Crippen LogP contribution in [0.4, 0.5) is 0 Å². The number of unbranched alkanes of at least 4 members (excludes halogenated alkanes) is 1. The average molecular weight is 226 g/mol. The molecule has 1 atom stereocenters. The lowest BCUT2D eigenvalue weighted by Crippen LogP contribution is -2.58. The summed E-state index contributed by atoms with van der Waals surface area (Å²) in [5.41, 5.74) is 0.465. The summed E-state index contributed by atoms with van der Waals surface area (Å²) in [6, 6.07) is 0.612. The molecule has 2 heteroatoms. The van der Waals surface area contributed by atoms with Crippen molar-refractivity contribution >= 4 is 0 Å². The molecular formula is C14H30N2. The SMILES string of the molecule is CCCCN1CCC(C)(C)NC(C)(C)C1C. The molecule has 16 heavy (non-hydrogen) atoms. The first-order chi connectivity index (χ1) is 7.28. The van der Waals surface area contributed by atoms with Crippen LogP contribution in [0.5, 0.6) is 0 Å². The molecule has 1 unspecified atom stereocenters. The standard InChI is InChI=1S/C14H30N2/c1-7-8-10-16-11-9-13(3,4)15-14(5,6)12(16)2/h12,15H,7-11H2,1-6H3. The van der Waals surface area contributed by atoms with Crippen LogP contribution < -0.4 is 5.32 Å². The second-order valence-electron chi connectivity index (χ2n) is 6.55. The Labute approximate surface area is 102 Å². The van der Waals surface area contributed by atoms with E-state index in [0.29, 0.717) is 6.04 Å². The monoisotopic (exact) mass is 226 g/mol. The lowest BCUT2D eigenvalue weighted by Gasteiger charge is -2.40. The predicted octanol–water partition coefficient (Wildman–Crippen LogP) is 3.03. The maximum Gasteiger partial charge on any atom is 0.0282 e. The molecule has 0 radical (unpaired) electrons. The molecule has 1 aliphatic heterocycles. The Balaban J connectivity index is 2.74. The molecule has 0 aromatic carbocycles. The Hall–Kier alpha value is -0.0800. The molecule has 96 valence electrons. The van der Waals surface area contributed by atoms with Gasteiger partial charge in [-0.3, -0.25) is 4.90 Å². The maximum absolute atomic E-state index is 3.81. The first kappa shape index (κ1) is 14.0. The highest BCUT2D eigenvalue weighted by atomic mass is 15.2. The summed E-state index contributed by atoms with van der Waals surface area (Å²) < 4.78 is 0. The van der Waals surface area contributed by atoms with Crippen molar-refractivity contribution in [2.24, 2.45) is 0 Å². The summed E-state index contributed by atoms with van der Waals surface area (Å²) in [7, 11) is 0. The van der Waals surface area contributed by atoms with Crippen LogP contribution in [0.25, 0.3) is 0 Å². The number of rotatable bonds is 3. The normalized spacial score (nSPS) is 30.0. The predicted molar refractivity (Wildman–Crippen MR) is 71.9 cm³/mol. The van der Waals surface area contributed by atoms with E-state index in [0.717, 1.165) is 0 Å². The minimum atomic E-state index is 0.202. The summed E-state index contributed by atoms with van der Waals surface area (Å²) in [6.45, 7) is 16.4. The van der Waals surface area contributed by atoms with Crippen molar-refractivity contribution in [1.82, 2.24) is 10.2 Å². The Kier molecular flexibility index (Phi) is 4.42. The summed E-state index contributed by atoms with van der Waals surface area (Å²) in [5.74, 6) is 0. The molecule has 0 bridgehead atoms. The van der Waals surface area contributed by atoms with Crippen molar-refractivity contribution in [3.8, 4) is 0 Å². The fourth-order valence-corrected chi connectivity index (χ4v) is 2.78. The summed E-state index contributed by atoms with van der Waals surface area (Å²) in [6.07, 6.45) is 3.85. The highest BCUT2D eigenvalue weighted by Gasteiger charge is 2.38. The van der Waals surface area contributed by atoms with Crippen LogP contribution in [-0.4, -0.2) is 35.1 Å². The van der Waals surface area contributed by atoms with Gasteiger partial charge in [0.25, 0.3) is 0 Å². The Morgan fingerprint density at radius 2 is 1.88 bits per heavy atom. The molecule has 0 aliphatic carbocycles. The van der Waals surface area contributed by atoms with E-state index in [2.05, 4.69) is 51.8 Å². The van der Waals surface area contributed by atoms with Gasteiger partial charge in [-0.25, -0.2) is 0 Å². The molecule has 0 saturated carbocycles. The van der Waals surface area contributed by atoms with Gasteiger partial charge in [0.05, 0.1) is 0 Å². The fraction of sp³-hybridized carbons (Fsp3) is 1.00. The molecule has 0 spiro atoms. The molecule has 0 aromatic rings. The second-order valence-corrected chi connectivity index (χ2v) is 6.55. The van der Waals surface area contributed by atoms with Gasteiger partial charge in [0.1, 0.15) is 0 Å². The van der Waals surface area contributed by atoms with E-state index in [-0.39, 0.29) is 11.1 Å². The summed E-state index contributed by atoms with van der Waals surface area (Å²) in [4.78, 5) is 2.66. The van der Waals surface area contributed by atoms with Crippen LogP contribution in [0.2, 0.25) is 0 Å². The quantitative estimate of drug-likeness (QED) is 0.796. The zero-order chi connectivity index (χ0) is 12.4. The third-order valence-corrected chi connectivity index (χ3v) is 4.08. The smallest absolute Gasteiger partial charge is 0.0282 e. The van der Waals surface area contributed by atoms with E-state index in [1.54, 1.807) is 0 Å². The minimum Gasteiger partial charge on any atom is -0.305 e. The first-order valence-corrected chi connectivity index (χ1v) is 6.82. The molecule has 1 saturated heterocycles. The number of hydrogen-bond acceptors (Lipinski definition) is 2. The lowest BCUT2D eigenvalue weighted by atomic mass is 9.92. The number of nitrogens with zero attached hydrogens (tertiary/aromatic N) is 1. The van der Waals surface area contributed by atoms with Gasteiger partial charge in [-0.05, 0) is 54.0 Å². The van der Waals surface area contributed by atoms with E-state index in [9.17, 15) is 0 Å². The van der Waals surface area contributed by atoms with E-state index < -0.39 is 0 Å². The van der Waals surface area contributed by atoms with Crippen molar-refractivity contribution in [2.45, 2.75) is 77.9 Å². The topological polar surface area (TPSA) is 15.3 Å². The Bertz CT molecular complexity index is 221. The number of nitrogens with one attached hydrogen (secondary N) is 1. The van der Waals surface area contributed by atoms with Crippen molar-refractivity contribution in [3.63, 3.8) is 0 Å². The fourth-order valence-electron chi connectivity index (χ4n) is 2.78. The lowest BCUT2D eigenvalue weighted by molar-refractivity contribution is 0.144. The summed E-state index contributed by atoms with van der Waals surface area (Å²) >= 11 is 0. The minimum absolute atomic E-state index is 0.202. The van der Waals surface area contributed by atoms with Crippen molar-refractivity contribution in [2.75, 3.05) is 13.1 Å². The van der Waals surface area contributed by atoms with Crippen LogP contribution in [0.3, 0.4) is 0 Å². The Morgan fingerprint density at radius 3 is 2.44 bits per heavy atom. The van der Waals surface area contributed by atoms with Gasteiger partial charge in [0.15, 0.2) is 0 Å². The van der Waals surface area contributed by atoms with Crippen LogP contribution in [-0.2, 0) is 0 Å². The van der Waals surface area contributed by atoms with Crippen LogP contribution in [0.1, 0.15) is 60.8 Å². The highest BCUT2D eigenvalue weighted by Crippen LogP contribution is 2.26. The zero-order valence-electron chi connectivity index (χ0n) is 12.1. The van der Waals surface area contributed by atoms with E-state index in [4.69, 9.17) is 0 Å². The highest BCUT2D eigenvalue weighted by molar-refractivity contribution is 4.99. The van der Waals surface area contributed by atoms with E-state index >= 15 is 0 Å².